The molecule has 1 aliphatic heterocycles. The van der Waals surface area contributed by atoms with Gasteiger partial charge in [-0.1, -0.05) is 26.7 Å². The molecule has 2 amide bonds. The third kappa shape index (κ3) is 4.59. The summed E-state index contributed by atoms with van der Waals surface area (Å²) in [6, 6.07) is 0.279. The van der Waals surface area contributed by atoms with Crippen molar-refractivity contribution in [2.24, 2.45) is 11.8 Å². The maximum Gasteiger partial charge on any atom is 0.317 e. The van der Waals surface area contributed by atoms with Crippen molar-refractivity contribution in [3.63, 3.8) is 0 Å². The minimum absolute atomic E-state index is 0.00248. The molecule has 1 saturated heterocycles. The van der Waals surface area contributed by atoms with E-state index in [4.69, 9.17) is 0 Å². The Morgan fingerprint density at radius 3 is 2.30 bits per heavy atom. The number of rotatable bonds is 3. The molecule has 1 aliphatic carbocycles. The monoisotopic (exact) mass is 345 g/mol. The lowest BCUT2D eigenvalue weighted by atomic mass is 9.78. The van der Waals surface area contributed by atoms with Crippen LogP contribution in [0.3, 0.4) is 0 Å². The van der Waals surface area contributed by atoms with Crippen molar-refractivity contribution in [1.82, 2.24) is 14.5 Å². The van der Waals surface area contributed by atoms with Crippen LogP contribution >= 0.6 is 0 Å². The zero-order valence-electron chi connectivity index (χ0n) is 14.8. The SMILES string of the molecule is CC1CCCC(NC(=O)N2CCC(N(C)S(C)(=O)=O)CC2)C1C. The Hall–Kier alpha value is -0.820. The van der Waals surface area contributed by atoms with Crippen molar-refractivity contribution < 1.29 is 13.2 Å². The van der Waals surface area contributed by atoms with Crippen molar-refractivity contribution >= 4 is 16.1 Å². The van der Waals surface area contributed by atoms with Gasteiger partial charge in [0.2, 0.25) is 10.0 Å². The molecule has 0 aromatic heterocycles. The van der Waals surface area contributed by atoms with Gasteiger partial charge in [0.05, 0.1) is 6.26 Å². The number of urea groups is 1. The first-order valence-corrected chi connectivity index (χ1v) is 10.5. The molecule has 0 aromatic carbocycles. The quantitative estimate of drug-likeness (QED) is 0.849. The summed E-state index contributed by atoms with van der Waals surface area (Å²) in [4.78, 5) is 14.3. The molecule has 0 radical (unpaired) electrons. The summed E-state index contributed by atoms with van der Waals surface area (Å²) >= 11 is 0. The van der Waals surface area contributed by atoms with Crippen molar-refractivity contribution in [3.05, 3.63) is 0 Å². The van der Waals surface area contributed by atoms with E-state index in [1.807, 2.05) is 4.90 Å². The number of carbonyl (C=O) groups is 1. The lowest BCUT2D eigenvalue weighted by Gasteiger charge is -2.39. The van der Waals surface area contributed by atoms with Crippen LogP contribution < -0.4 is 5.32 Å². The molecule has 2 rings (SSSR count). The normalized spacial score (nSPS) is 30.5. The summed E-state index contributed by atoms with van der Waals surface area (Å²) in [5.74, 6) is 1.17. The molecule has 7 heteroatoms. The van der Waals surface area contributed by atoms with Gasteiger partial charge in [0.1, 0.15) is 0 Å². The molecule has 3 atom stereocenters. The minimum Gasteiger partial charge on any atom is -0.335 e. The van der Waals surface area contributed by atoms with E-state index >= 15 is 0 Å². The van der Waals surface area contributed by atoms with Gasteiger partial charge in [-0.25, -0.2) is 17.5 Å². The Morgan fingerprint density at radius 2 is 1.74 bits per heavy atom. The second-order valence-corrected chi connectivity index (χ2v) is 9.36. The third-order valence-electron chi connectivity index (χ3n) is 5.80. The van der Waals surface area contributed by atoms with Gasteiger partial charge in [-0.3, -0.25) is 0 Å². The van der Waals surface area contributed by atoms with Gasteiger partial charge in [-0.2, -0.15) is 0 Å². The third-order valence-corrected chi connectivity index (χ3v) is 7.15. The Kier molecular flexibility index (Phi) is 5.94. The fraction of sp³-hybridized carbons (Fsp3) is 0.938. The highest BCUT2D eigenvalue weighted by Crippen LogP contribution is 2.29. The predicted octanol–water partition coefficient (Wildman–Crippen LogP) is 1.88. The average molecular weight is 346 g/mol. The summed E-state index contributed by atoms with van der Waals surface area (Å²) < 4.78 is 24.7. The van der Waals surface area contributed by atoms with E-state index in [2.05, 4.69) is 19.2 Å². The number of piperidine rings is 1. The van der Waals surface area contributed by atoms with Crippen LogP contribution in [-0.2, 0) is 10.0 Å². The highest BCUT2D eigenvalue weighted by atomic mass is 32.2. The van der Waals surface area contributed by atoms with Crippen molar-refractivity contribution in [2.45, 2.75) is 58.0 Å². The highest BCUT2D eigenvalue weighted by molar-refractivity contribution is 7.88. The van der Waals surface area contributed by atoms with Crippen LogP contribution in [0.1, 0.15) is 46.0 Å². The molecular weight excluding hydrogens is 314 g/mol. The number of hydrogen-bond donors (Lipinski definition) is 1. The number of sulfonamides is 1. The number of nitrogens with zero attached hydrogens (tertiary/aromatic N) is 2. The van der Waals surface area contributed by atoms with Gasteiger partial charge in [-0.05, 0) is 31.1 Å². The predicted molar refractivity (Wildman–Crippen MR) is 91.7 cm³/mol. The first kappa shape index (κ1) is 18.5. The number of nitrogens with one attached hydrogen (secondary N) is 1. The summed E-state index contributed by atoms with van der Waals surface area (Å²) in [6.07, 6.45) is 6.12. The summed E-state index contributed by atoms with van der Waals surface area (Å²) in [5, 5.41) is 3.20. The molecule has 23 heavy (non-hydrogen) atoms. The molecule has 1 saturated carbocycles. The Bertz CT molecular complexity index is 515. The molecule has 0 spiro atoms. The fourth-order valence-corrected chi connectivity index (χ4v) is 4.49. The first-order valence-electron chi connectivity index (χ1n) is 8.68. The van der Waals surface area contributed by atoms with Gasteiger partial charge in [0, 0.05) is 32.2 Å². The molecule has 3 unspecified atom stereocenters. The van der Waals surface area contributed by atoms with Gasteiger partial charge in [0.15, 0.2) is 0 Å². The molecule has 134 valence electrons. The summed E-state index contributed by atoms with van der Waals surface area (Å²) in [5.41, 5.74) is 0. The summed E-state index contributed by atoms with van der Waals surface area (Å²) in [6.45, 7) is 5.72. The van der Waals surface area contributed by atoms with E-state index in [1.54, 1.807) is 7.05 Å². The highest BCUT2D eigenvalue weighted by Gasteiger charge is 2.32. The number of hydrogen-bond acceptors (Lipinski definition) is 3. The number of likely N-dealkylation sites (tertiary alicyclic amines) is 1. The molecule has 1 heterocycles. The van der Waals surface area contributed by atoms with Gasteiger partial charge in [-0.15, -0.1) is 0 Å². The van der Waals surface area contributed by atoms with Crippen LogP contribution in [0.2, 0.25) is 0 Å². The zero-order chi connectivity index (χ0) is 17.2. The summed E-state index contributed by atoms with van der Waals surface area (Å²) in [7, 11) is -1.54. The van der Waals surface area contributed by atoms with Crippen LogP contribution in [0.4, 0.5) is 4.79 Å². The van der Waals surface area contributed by atoms with E-state index in [9.17, 15) is 13.2 Å². The number of carbonyl (C=O) groups excluding carboxylic acids is 1. The topological polar surface area (TPSA) is 69.7 Å². The lowest BCUT2D eigenvalue weighted by molar-refractivity contribution is 0.146. The van der Waals surface area contributed by atoms with Crippen LogP contribution in [0.15, 0.2) is 0 Å². The van der Waals surface area contributed by atoms with Crippen LogP contribution in [0.25, 0.3) is 0 Å². The van der Waals surface area contributed by atoms with Crippen LogP contribution in [0, 0.1) is 11.8 Å². The number of amides is 2. The molecule has 6 nitrogen and oxygen atoms in total. The van der Waals surface area contributed by atoms with Gasteiger partial charge < -0.3 is 10.2 Å². The van der Waals surface area contributed by atoms with Crippen LogP contribution in [-0.4, -0.2) is 62.1 Å². The molecule has 1 N–H and O–H groups in total. The standard InChI is InChI=1S/C16H31N3O3S/c1-12-6-5-7-15(13(12)2)17-16(20)19-10-8-14(9-11-19)18(3)23(4,21)22/h12-15H,5-11H2,1-4H3,(H,17,20). The molecule has 2 fully saturated rings. The van der Waals surface area contributed by atoms with Gasteiger partial charge >= 0.3 is 6.03 Å². The van der Waals surface area contributed by atoms with Gasteiger partial charge in [0.25, 0.3) is 0 Å². The Balaban J connectivity index is 1.84. The molecule has 0 bridgehead atoms. The largest absolute Gasteiger partial charge is 0.335 e. The van der Waals surface area contributed by atoms with Crippen molar-refractivity contribution in [1.29, 1.82) is 0 Å². The second-order valence-electron chi connectivity index (χ2n) is 7.32. The van der Waals surface area contributed by atoms with E-state index in [0.717, 1.165) is 6.42 Å². The van der Waals surface area contributed by atoms with Crippen molar-refractivity contribution in [2.75, 3.05) is 26.4 Å². The first-order chi connectivity index (χ1) is 10.7. The van der Waals surface area contributed by atoms with E-state index in [0.29, 0.717) is 37.8 Å². The smallest absolute Gasteiger partial charge is 0.317 e. The molecule has 2 aliphatic rings. The second kappa shape index (κ2) is 7.38. The lowest BCUT2D eigenvalue weighted by Crippen LogP contribution is -2.53. The van der Waals surface area contributed by atoms with E-state index < -0.39 is 10.0 Å². The maximum atomic E-state index is 12.5. The van der Waals surface area contributed by atoms with E-state index in [-0.39, 0.29) is 18.1 Å². The fourth-order valence-electron chi connectivity index (χ4n) is 3.74. The average Bonchev–Trinajstić information content (AvgIpc) is 2.50. The van der Waals surface area contributed by atoms with E-state index in [1.165, 1.54) is 23.4 Å². The molecule has 0 aromatic rings. The molecular formula is C16H31N3O3S. The minimum atomic E-state index is -3.16. The zero-order valence-corrected chi connectivity index (χ0v) is 15.6. The Labute approximate surface area is 140 Å². The van der Waals surface area contributed by atoms with Crippen LogP contribution in [0.5, 0.6) is 0 Å². The van der Waals surface area contributed by atoms with Crippen molar-refractivity contribution in [3.8, 4) is 0 Å². The maximum absolute atomic E-state index is 12.5. The Morgan fingerprint density at radius 1 is 1.13 bits per heavy atom.